The maximum Gasteiger partial charge on any atom is 0.129 e. The summed E-state index contributed by atoms with van der Waals surface area (Å²) in [5, 5.41) is 3.76. The molecule has 0 aliphatic heterocycles. The molecule has 0 aromatic heterocycles. The van der Waals surface area contributed by atoms with Gasteiger partial charge in [0, 0.05) is 15.6 Å². The zero-order valence-electron chi connectivity index (χ0n) is 11.8. The lowest BCUT2D eigenvalue weighted by Crippen LogP contribution is -2.23. The first-order valence-electron chi connectivity index (χ1n) is 6.59. The first-order valence-corrected chi connectivity index (χ1v) is 7.76. The van der Waals surface area contributed by atoms with Gasteiger partial charge in [0.1, 0.15) is 11.6 Å². The molecule has 0 aliphatic rings. The molecule has 2 aromatic rings. The number of nitrogens with one attached hydrogen (secondary N) is 1. The van der Waals surface area contributed by atoms with Crippen LogP contribution in [0, 0.1) is 5.82 Å². The van der Waals surface area contributed by atoms with E-state index in [1.54, 1.807) is 13.2 Å². The predicted octanol–water partition coefficient (Wildman–Crippen LogP) is 4.95. The topological polar surface area (TPSA) is 21.3 Å². The van der Waals surface area contributed by atoms with Gasteiger partial charge in [-0.3, -0.25) is 0 Å². The fourth-order valence-corrected chi connectivity index (χ4v) is 2.74. The van der Waals surface area contributed by atoms with Crippen LogP contribution < -0.4 is 10.1 Å². The summed E-state index contributed by atoms with van der Waals surface area (Å²) < 4.78 is 20.3. The number of hydrogen-bond donors (Lipinski definition) is 1. The van der Waals surface area contributed by atoms with Crippen molar-refractivity contribution in [3.05, 3.63) is 62.8 Å². The molecule has 112 valence electrons. The van der Waals surface area contributed by atoms with Gasteiger partial charge in [0.25, 0.3) is 0 Å². The van der Waals surface area contributed by atoms with E-state index < -0.39 is 0 Å². The quantitative estimate of drug-likeness (QED) is 0.750. The lowest BCUT2D eigenvalue weighted by Gasteiger charge is -2.22. The Morgan fingerprint density at radius 3 is 2.67 bits per heavy atom. The minimum Gasteiger partial charge on any atom is -0.496 e. The summed E-state index contributed by atoms with van der Waals surface area (Å²) in [5.41, 5.74) is 1.37. The summed E-state index contributed by atoms with van der Waals surface area (Å²) in [4.78, 5) is 0. The predicted molar refractivity (Wildman–Crippen MR) is 87.6 cm³/mol. The van der Waals surface area contributed by atoms with Crippen molar-refractivity contribution in [3.8, 4) is 5.75 Å². The van der Waals surface area contributed by atoms with Crippen LogP contribution in [0.2, 0.25) is 5.02 Å². The normalized spacial score (nSPS) is 12.2. The van der Waals surface area contributed by atoms with Gasteiger partial charge in [-0.05, 0) is 40.7 Å². The van der Waals surface area contributed by atoms with E-state index in [1.165, 1.54) is 6.07 Å². The number of ether oxygens (including phenoxy) is 1. The Kier molecular flexibility index (Phi) is 5.62. The molecular weight excluding hydrogens is 357 g/mol. The van der Waals surface area contributed by atoms with Crippen LogP contribution in [0.25, 0.3) is 0 Å². The SMILES string of the molecule is CCNC(c1cc(Cl)c(Br)cc1F)c1ccccc1OC. The summed E-state index contributed by atoms with van der Waals surface area (Å²) in [6.45, 7) is 2.66. The summed E-state index contributed by atoms with van der Waals surface area (Å²) in [6.07, 6.45) is 0. The average molecular weight is 373 g/mol. The highest BCUT2D eigenvalue weighted by Crippen LogP contribution is 2.34. The molecule has 2 rings (SSSR count). The second-order valence-corrected chi connectivity index (χ2v) is 5.78. The number of rotatable bonds is 5. The third-order valence-electron chi connectivity index (χ3n) is 3.21. The van der Waals surface area contributed by atoms with Gasteiger partial charge in [0.05, 0.1) is 18.2 Å². The Balaban J connectivity index is 2.56. The molecule has 2 aromatic carbocycles. The number of methoxy groups -OCH3 is 1. The Morgan fingerprint density at radius 1 is 1.29 bits per heavy atom. The Labute approximate surface area is 137 Å². The van der Waals surface area contributed by atoms with Gasteiger partial charge >= 0.3 is 0 Å². The molecule has 0 spiro atoms. The Hall–Kier alpha value is -1.10. The molecule has 2 nitrogen and oxygen atoms in total. The number of para-hydroxylation sites is 1. The molecule has 1 N–H and O–H groups in total. The van der Waals surface area contributed by atoms with E-state index in [9.17, 15) is 4.39 Å². The van der Waals surface area contributed by atoms with Crippen LogP contribution in [0.1, 0.15) is 24.1 Å². The maximum atomic E-state index is 14.4. The van der Waals surface area contributed by atoms with Crippen LogP contribution in [-0.4, -0.2) is 13.7 Å². The molecule has 0 amide bonds. The summed E-state index contributed by atoms with van der Waals surface area (Å²) in [5.74, 6) is 0.394. The number of benzene rings is 2. The second kappa shape index (κ2) is 7.25. The largest absolute Gasteiger partial charge is 0.496 e. The zero-order valence-corrected chi connectivity index (χ0v) is 14.1. The average Bonchev–Trinajstić information content (AvgIpc) is 2.49. The Morgan fingerprint density at radius 2 is 2.00 bits per heavy atom. The van der Waals surface area contributed by atoms with Crippen molar-refractivity contribution in [2.75, 3.05) is 13.7 Å². The second-order valence-electron chi connectivity index (χ2n) is 4.52. The van der Waals surface area contributed by atoms with Crippen molar-refractivity contribution in [3.63, 3.8) is 0 Å². The molecule has 1 unspecified atom stereocenters. The summed E-state index contributed by atoms with van der Waals surface area (Å²) >= 11 is 9.35. The molecule has 5 heteroatoms. The molecule has 0 fully saturated rings. The minimum absolute atomic E-state index is 0.317. The molecule has 0 heterocycles. The zero-order chi connectivity index (χ0) is 15.4. The van der Waals surface area contributed by atoms with Crippen molar-refractivity contribution in [2.45, 2.75) is 13.0 Å². The summed E-state index contributed by atoms with van der Waals surface area (Å²) in [6, 6.07) is 10.3. The number of halogens is 3. The molecule has 0 aliphatic carbocycles. The van der Waals surface area contributed by atoms with Crippen LogP contribution in [0.15, 0.2) is 40.9 Å². The molecule has 0 saturated carbocycles. The lowest BCUT2D eigenvalue weighted by molar-refractivity contribution is 0.403. The van der Waals surface area contributed by atoms with Crippen LogP contribution in [0.3, 0.4) is 0 Å². The van der Waals surface area contributed by atoms with E-state index in [-0.39, 0.29) is 11.9 Å². The van der Waals surface area contributed by atoms with Crippen LogP contribution in [0.4, 0.5) is 4.39 Å². The molecule has 0 bridgehead atoms. The van der Waals surface area contributed by atoms with Crippen LogP contribution in [-0.2, 0) is 0 Å². The van der Waals surface area contributed by atoms with Gasteiger partial charge in [0.15, 0.2) is 0 Å². The summed E-state index contributed by atoms with van der Waals surface area (Å²) in [7, 11) is 1.60. The van der Waals surface area contributed by atoms with Gasteiger partial charge in [-0.1, -0.05) is 36.7 Å². The van der Waals surface area contributed by atoms with E-state index in [0.29, 0.717) is 27.4 Å². The van der Waals surface area contributed by atoms with Crippen molar-refractivity contribution < 1.29 is 9.13 Å². The van der Waals surface area contributed by atoms with Crippen LogP contribution in [0.5, 0.6) is 5.75 Å². The monoisotopic (exact) mass is 371 g/mol. The van der Waals surface area contributed by atoms with Crippen molar-refractivity contribution in [2.24, 2.45) is 0 Å². The first kappa shape index (κ1) is 16.3. The van der Waals surface area contributed by atoms with E-state index in [2.05, 4.69) is 21.2 Å². The lowest BCUT2D eigenvalue weighted by atomic mass is 9.97. The molecule has 0 saturated heterocycles. The minimum atomic E-state index is -0.322. The van der Waals surface area contributed by atoms with Gasteiger partial charge in [0.2, 0.25) is 0 Å². The van der Waals surface area contributed by atoms with Crippen molar-refractivity contribution in [1.29, 1.82) is 0 Å². The standard InChI is InChI=1S/C16H16BrClFNO/c1-3-20-16(10-6-4-5-7-15(10)21-2)11-8-13(18)12(17)9-14(11)19/h4-9,16,20H,3H2,1-2H3. The number of hydrogen-bond acceptors (Lipinski definition) is 2. The maximum absolute atomic E-state index is 14.4. The molecule has 1 atom stereocenters. The molecular formula is C16H16BrClFNO. The highest BCUT2D eigenvalue weighted by molar-refractivity contribution is 9.10. The fourth-order valence-electron chi connectivity index (χ4n) is 2.26. The highest BCUT2D eigenvalue weighted by atomic mass is 79.9. The first-order chi connectivity index (χ1) is 10.1. The Bertz CT molecular complexity index is 636. The third-order valence-corrected chi connectivity index (χ3v) is 4.41. The van der Waals surface area contributed by atoms with Gasteiger partial charge in [-0.25, -0.2) is 4.39 Å². The van der Waals surface area contributed by atoms with Crippen molar-refractivity contribution in [1.82, 2.24) is 5.32 Å². The third kappa shape index (κ3) is 3.57. The van der Waals surface area contributed by atoms with E-state index in [4.69, 9.17) is 16.3 Å². The van der Waals surface area contributed by atoms with E-state index in [0.717, 1.165) is 5.56 Å². The van der Waals surface area contributed by atoms with Crippen LogP contribution >= 0.6 is 27.5 Å². The molecule has 0 radical (unpaired) electrons. The highest BCUT2D eigenvalue weighted by Gasteiger charge is 2.21. The van der Waals surface area contributed by atoms with Crippen molar-refractivity contribution >= 4 is 27.5 Å². The van der Waals surface area contributed by atoms with Gasteiger partial charge in [-0.2, -0.15) is 0 Å². The van der Waals surface area contributed by atoms with Gasteiger partial charge < -0.3 is 10.1 Å². The molecule has 21 heavy (non-hydrogen) atoms. The van der Waals surface area contributed by atoms with E-state index >= 15 is 0 Å². The smallest absolute Gasteiger partial charge is 0.129 e. The van der Waals surface area contributed by atoms with Gasteiger partial charge in [-0.15, -0.1) is 0 Å². The van der Waals surface area contributed by atoms with E-state index in [1.807, 2.05) is 31.2 Å². The fraction of sp³-hybridized carbons (Fsp3) is 0.250.